The number of pyridine rings is 1. The number of benzene rings is 2. The number of ether oxygens (including phenoxy) is 3. The molecule has 0 unspecified atom stereocenters. The number of carboxylic acid groups (broad SMARTS) is 1. The lowest BCUT2D eigenvalue weighted by molar-refractivity contribution is -0.138. The van der Waals surface area contributed by atoms with Gasteiger partial charge < -0.3 is 45.6 Å². The van der Waals surface area contributed by atoms with Crippen molar-refractivity contribution in [3.63, 3.8) is 0 Å². The van der Waals surface area contributed by atoms with E-state index in [-0.39, 0.29) is 133 Å². The lowest BCUT2D eigenvalue weighted by Gasteiger charge is -2.28. The molecule has 5 rings (SSSR count). The summed E-state index contributed by atoms with van der Waals surface area (Å²) in [6, 6.07) is 19.5. The lowest BCUT2D eigenvalue weighted by Crippen LogP contribution is -2.45. The molecule has 0 saturated heterocycles. The number of Topliss-reactive ketones (excluding diaryl/α,β-unsaturated/α-hetero) is 3. The topological polar surface area (TPSA) is 271 Å². The summed E-state index contributed by atoms with van der Waals surface area (Å²) in [6.07, 6.45) is 2.05. The molecule has 6 N–H and O–H groups in total. The van der Waals surface area contributed by atoms with E-state index in [9.17, 15) is 43.5 Å². The molecule has 0 aliphatic heterocycles. The van der Waals surface area contributed by atoms with Crippen LogP contribution in [-0.4, -0.2) is 138 Å². The number of fused-ring (bicyclic) bond motifs is 4. The largest absolute Gasteiger partial charge is 0.481 e. The highest BCUT2D eigenvalue weighted by atomic mass is 16.6. The molecule has 3 atom stereocenters. The van der Waals surface area contributed by atoms with E-state index in [1.807, 2.05) is 60.9 Å². The van der Waals surface area contributed by atoms with Gasteiger partial charge in [-0.2, -0.15) is 0 Å². The first-order valence-corrected chi connectivity index (χ1v) is 25.8. The van der Waals surface area contributed by atoms with Gasteiger partial charge in [0.1, 0.15) is 18.0 Å². The maximum absolute atomic E-state index is 13.5. The number of nitrogens with zero attached hydrogens (tertiary/aromatic N) is 4. The van der Waals surface area contributed by atoms with Gasteiger partial charge in [-0.1, -0.05) is 69.3 Å². The van der Waals surface area contributed by atoms with Crippen molar-refractivity contribution in [2.75, 3.05) is 53.7 Å². The van der Waals surface area contributed by atoms with Crippen LogP contribution in [0, 0.1) is 11.8 Å². The van der Waals surface area contributed by atoms with Crippen LogP contribution in [-0.2, 0) is 56.1 Å². The molecule has 20 nitrogen and oxygen atoms in total. The molecule has 4 aromatic rings. The summed E-state index contributed by atoms with van der Waals surface area (Å²) in [4.78, 5) is 106. The van der Waals surface area contributed by atoms with E-state index in [1.54, 1.807) is 32.2 Å². The zero-order valence-corrected chi connectivity index (χ0v) is 43.8. The normalized spacial score (nSPS) is 13.2. The number of primary amides is 1. The maximum atomic E-state index is 13.5. The number of carbonyl (C=O) groups excluding carboxylic acids is 7. The van der Waals surface area contributed by atoms with E-state index in [1.165, 1.54) is 5.01 Å². The summed E-state index contributed by atoms with van der Waals surface area (Å²) in [5.74, 6) is -3.48. The molecule has 20 heteroatoms. The highest BCUT2D eigenvalue weighted by molar-refractivity contribution is 5.92. The quantitative estimate of drug-likeness (QED) is 0.0269. The first kappa shape index (κ1) is 58.9. The fourth-order valence-electron chi connectivity index (χ4n) is 9.12. The predicted molar refractivity (Wildman–Crippen MR) is 280 cm³/mol. The molecule has 2 aromatic heterocycles. The van der Waals surface area contributed by atoms with E-state index in [2.05, 4.69) is 45.2 Å². The SMILES string of the molecule is CCC(=O)[C@H](CCCNC(N)=O)NC(=O)[C@@H](CC(=O)CCOCCOCCCC(=O)[C@H](CCC(=O)O)NC(=O)CCn1c(CN(C)N(C)C(=O)OCC2c3ccccc3-c3ccccc32)cc2cccnc21)C(C)C. The molecular formula is C55H74N8O12. The molecule has 2 heterocycles. The van der Waals surface area contributed by atoms with Crippen LogP contribution in [0.1, 0.15) is 108 Å². The minimum absolute atomic E-state index is 0.0186. The number of hydrogen-bond donors (Lipinski definition) is 5. The molecule has 0 bridgehead atoms. The Bertz CT molecular complexity index is 2550. The van der Waals surface area contributed by atoms with Crippen molar-refractivity contribution in [2.24, 2.45) is 17.6 Å². The Morgan fingerprint density at radius 2 is 1.45 bits per heavy atom. The average Bonchev–Trinajstić information content (AvgIpc) is 3.91. The van der Waals surface area contributed by atoms with Crippen LogP contribution in [0.2, 0.25) is 0 Å². The summed E-state index contributed by atoms with van der Waals surface area (Å²) in [5, 5.41) is 21.4. The smallest absolute Gasteiger partial charge is 0.424 e. The predicted octanol–water partition coefficient (Wildman–Crippen LogP) is 5.92. The average molecular weight is 1040 g/mol. The molecule has 0 radical (unpaired) electrons. The molecule has 0 fully saturated rings. The van der Waals surface area contributed by atoms with Crippen LogP contribution in [0.25, 0.3) is 22.2 Å². The van der Waals surface area contributed by atoms with Crippen LogP contribution in [0.5, 0.6) is 0 Å². The number of carbonyl (C=O) groups is 8. The third-order valence-electron chi connectivity index (χ3n) is 13.4. The second kappa shape index (κ2) is 29.8. The minimum Gasteiger partial charge on any atom is -0.481 e. The second-order valence-electron chi connectivity index (χ2n) is 19.1. The number of hydrogen-bond acceptors (Lipinski definition) is 13. The summed E-state index contributed by atoms with van der Waals surface area (Å²) < 4.78 is 19.0. The third-order valence-corrected chi connectivity index (χ3v) is 13.4. The van der Waals surface area contributed by atoms with Crippen molar-refractivity contribution >= 4 is 58.3 Å². The number of aromatic nitrogens is 2. The van der Waals surface area contributed by atoms with Crippen LogP contribution < -0.4 is 21.7 Å². The van der Waals surface area contributed by atoms with E-state index >= 15 is 0 Å². The van der Waals surface area contributed by atoms with Crippen molar-refractivity contribution in [1.82, 2.24) is 35.5 Å². The number of hydrazine groups is 1. The van der Waals surface area contributed by atoms with E-state index in [0.29, 0.717) is 24.9 Å². The number of aliphatic carboxylic acids is 1. The molecule has 75 heavy (non-hydrogen) atoms. The van der Waals surface area contributed by atoms with Gasteiger partial charge in [0.25, 0.3) is 0 Å². The highest BCUT2D eigenvalue weighted by Crippen LogP contribution is 2.44. The van der Waals surface area contributed by atoms with Gasteiger partial charge in [-0.15, -0.1) is 0 Å². The van der Waals surface area contributed by atoms with Crippen molar-refractivity contribution in [1.29, 1.82) is 0 Å². The van der Waals surface area contributed by atoms with Crippen molar-refractivity contribution < 1.29 is 57.7 Å². The Hall–Kier alpha value is -7.03. The lowest BCUT2D eigenvalue weighted by atomic mass is 9.88. The van der Waals surface area contributed by atoms with Gasteiger partial charge in [0.15, 0.2) is 11.6 Å². The summed E-state index contributed by atoms with van der Waals surface area (Å²) in [5.41, 5.74) is 11.0. The monoisotopic (exact) mass is 1040 g/mol. The number of nitrogens with two attached hydrogens (primary N) is 1. The highest BCUT2D eigenvalue weighted by Gasteiger charge is 2.31. The third kappa shape index (κ3) is 17.8. The van der Waals surface area contributed by atoms with Gasteiger partial charge in [0.2, 0.25) is 11.8 Å². The van der Waals surface area contributed by atoms with Gasteiger partial charge in [-0.05, 0) is 72.1 Å². The fourth-order valence-corrected chi connectivity index (χ4v) is 9.12. The standard InChI is InChI=1S/C55H74N8O12/c1-6-48(65)46(19-12-26-58-54(56)71)60-53(70)44(36(2)3)33-39(64)24-29-74-31-30-73-28-13-20-49(66)47(21-22-51(68)69)59-50(67)23-27-63-38(32-37-14-11-25-57-52(37)63)34-61(4)62(5)55(72)75-35-45-42-17-9-7-15-40(42)41-16-8-10-18-43(41)45/h7-11,14-18,25,32,36,44-47H,6,12-13,19-24,26-31,33-35H2,1-5H3,(H,59,67)(H,60,70)(H,68,69)(H3,56,58,71)/t44-,46-,47-/m0/s1. The Balaban J connectivity index is 1.03. The Morgan fingerprint density at radius 3 is 2.11 bits per heavy atom. The minimum atomic E-state index is -1.10. The number of aryl methyl sites for hydroxylation is 1. The van der Waals surface area contributed by atoms with Gasteiger partial charge in [0, 0.05) is 101 Å². The molecule has 0 saturated carbocycles. The molecule has 406 valence electrons. The van der Waals surface area contributed by atoms with Crippen LogP contribution >= 0.6 is 0 Å². The number of ketones is 3. The summed E-state index contributed by atoms with van der Waals surface area (Å²) >= 11 is 0. The van der Waals surface area contributed by atoms with Gasteiger partial charge in [-0.3, -0.25) is 28.8 Å². The number of carboxylic acids is 1. The Morgan fingerprint density at radius 1 is 0.787 bits per heavy atom. The summed E-state index contributed by atoms with van der Waals surface area (Å²) in [6.45, 7) is 6.93. The van der Waals surface area contributed by atoms with Crippen LogP contribution in [0.3, 0.4) is 0 Å². The van der Waals surface area contributed by atoms with Crippen molar-refractivity contribution in [2.45, 2.75) is 116 Å². The molecular weight excluding hydrogens is 965 g/mol. The van der Waals surface area contributed by atoms with Crippen molar-refractivity contribution in [3.05, 3.63) is 89.7 Å². The number of amides is 5. The first-order chi connectivity index (χ1) is 36.0. The summed E-state index contributed by atoms with van der Waals surface area (Å²) in [7, 11) is 3.39. The number of urea groups is 1. The van der Waals surface area contributed by atoms with Crippen LogP contribution in [0.4, 0.5) is 9.59 Å². The van der Waals surface area contributed by atoms with E-state index in [0.717, 1.165) is 33.3 Å². The first-order valence-electron chi connectivity index (χ1n) is 25.8. The van der Waals surface area contributed by atoms with Gasteiger partial charge >= 0.3 is 18.1 Å². The fraction of sp³-hybridized carbons (Fsp3) is 0.509. The van der Waals surface area contributed by atoms with Gasteiger partial charge in [0.05, 0.1) is 38.4 Å². The molecule has 2 aromatic carbocycles. The molecule has 5 amide bonds. The number of nitrogens with one attached hydrogen (secondary N) is 3. The van der Waals surface area contributed by atoms with E-state index in [4.69, 9.17) is 19.9 Å². The second-order valence-corrected chi connectivity index (χ2v) is 19.1. The van der Waals surface area contributed by atoms with Crippen molar-refractivity contribution in [3.8, 4) is 11.1 Å². The maximum Gasteiger partial charge on any atom is 0.424 e. The Labute approximate surface area is 438 Å². The van der Waals surface area contributed by atoms with E-state index < -0.39 is 42.0 Å². The molecule has 0 spiro atoms. The van der Waals surface area contributed by atoms with Crippen LogP contribution in [0.15, 0.2) is 72.9 Å². The van der Waals surface area contributed by atoms with Gasteiger partial charge in [-0.25, -0.2) is 24.6 Å². The Kier molecular flexibility index (Phi) is 23.3. The molecule has 1 aliphatic rings. The molecule has 1 aliphatic carbocycles. The number of rotatable bonds is 34. The zero-order valence-electron chi connectivity index (χ0n) is 43.8. The zero-order chi connectivity index (χ0) is 54.4.